The zero-order valence-corrected chi connectivity index (χ0v) is 21.7. The Balaban J connectivity index is 1.52. The molecule has 204 valence electrons. The number of nitro groups is 1. The number of fused-ring (bicyclic) bond motifs is 2. The summed E-state index contributed by atoms with van der Waals surface area (Å²) in [6.07, 6.45) is -0.476. The van der Waals surface area contributed by atoms with Crippen LogP contribution in [-0.2, 0) is 27.5 Å². The Morgan fingerprint density at radius 3 is 2.71 bits per heavy atom. The second-order valence-electron chi connectivity index (χ2n) is 9.68. The molecule has 15 heteroatoms. The number of aliphatic hydroxyl groups excluding tert-OH is 2. The molecule has 0 bridgehead atoms. The van der Waals surface area contributed by atoms with Crippen LogP contribution in [0.25, 0.3) is 11.2 Å². The van der Waals surface area contributed by atoms with Gasteiger partial charge >= 0.3 is 0 Å². The number of ether oxygens (including phenoxy) is 1. The van der Waals surface area contributed by atoms with E-state index in [9.17, 15) is 28.7 Å². The summed E-state index contributed by atoms with van der Waals surface area (Å²) in [7, 11) is -3.14. The van der Waals surface area contributed by atoms with Crippen molar-refractivity contribution in [2.24, 2.45) is 0 Å². The SMILES string of the molecule is C[C@H]1O[C@@H](n2c(NCCCS(C)(=O)=O)nc3c(N4CCc5ccc([N+](=O)[O-])cc5C4)ncnc32)[C@H](O)[C@@H]1O. The minimum Gasteiger partial charge on any atom is -0.388 e. The predicted octanol–water partition coefficient (Wildman–Crippen LogP) is 0.783. The van der Waals surface area contributed by atoms with Gasteiger partial charge in [0.2, 0.25) is 5.95 Å². The summed E-state index contributed by atoms with van der Waals surface area (Å²) in [4.78, 5) is 26.4. The van der Waals surface area contributed by atoms with Crippen LogP contribution in [0.4, 0.5) is 17.5 Å². The summed E-state index contributed by atoms with van der Waals surface area (Å²) in [5.74, 6) is 0.781. The minimum atomic E-state index is -3.14. The van der Waals surface area contributed by atoms with Gasteiger partial charge in [0.15, 0.2) is 23.2 Å². The van der Waals surface area contributed by atoms with Crippen LogP contribution in [0.1, 0.15) is 30.7 Å². The van der Waals surface area contributed by atoms with Crippen LogP contribution < -0.4 is 10.2 Å². The molecular weight excluding hydrogens is 518 g/mol. The van der Waals surface area contributed by atoms with Crippen LogP contribution in [0, 0.1) is 10.1 Å². The van der Waals surface area contributed by atoms with Crippen molar-refractivity contribution in [3.8, 4) is 0 Å². The van der Waals surface area contributed by atoms with Crippen molar-refractivity contribution in [3.63, 3.8) is 0 Å². The van der Waals surface area contributed by atoms with Crippen molar-refractivity contribution in [2.75, 3.05) is 35.3 Å². The lowest BCUT2D eigenvalue weighted by Gasteiger charge is -2.29. The van der Waals surface area contributed by atoms with Crippen molar-refractivity contribution in [2.45, 2.75) is 50.8 Å². The summed E-state index contributed by atoms with van der Waals surface area (Å²) in [5, 5.41) is 35.5. The molecule has 5 rings (SSSR count). The second kappa shape index (κ2) is 10.1. The van der Waals surface area contributed by atoms with Crippen LogP contribution >= 0.6 is 0 Å². The lowest BCUT2D eigenvalue weighted by atomic mass is 9.99. The van der Waals surface area contributed by atoms with E-state index < -0.39 is 39.3 Å². The summed E-state index contributed by atoms with van der Waals surface area (Å²) < 4.78 is 30.5. The van der Waals surface area contributed by atoms with Crippen LogP contribution in [0.2, 0.25) is 0 Å². The smallest absolute Gasteiger partial charge is 0.269 e. The van der Waals surface area contributed by atoms with E-state index in [4.69, 9.17) is 9.72 Å². The number of benzene rings is 1. The lowest BCUT2D eigenvalue weighted by molar-refractivity contribution is -0.384. The summed E-state index contributed by atoms with van der Waals surface area (Å²) >= 11 is 0. The predicted molar refractivity (Wildman–Crippen MR) is 138 cm³/mol. The van der Waals surface area contributed by atoms with Crippen LogP contribution in [0.5, 0.6) is 0 Å². The van der Waals surface area contributed by atoms with Gasteiger partial charge in [-0.1, -0.05) is 6.07 Å². The summed E-state index contributed by atoms with van der Waals surface area (Å²) in [6.45, 7) is 2.91. The van der Waals surface area contributed by atoms with Crippen molar-refractivity contribution < 1.29 is 28.3 Å². The highest BCUT2D eigenvalue weighted by Gasteiger charge is 2.43. The van der Waals surface area contributed by atoms with Crippen molar-refractivity contribution >= 4 is 38.5 Å². The van der Waals surface area contributed by atoms with Gasteiger partial charge in [0, 0.05) is 38.0 Å². The molecule has 2 aliphatic heterocycles. The molecule has 4 heterocycles. The Bertz CT molecular complexity index is 1480. The third kappa shape index (κ3) is 5.01. The standard InChI is InChI=1S/C23H29N7O7S/c1-13-18(31)19(32)22(37-13)29-21-17(27-23(29)24-7-3-9-38(2,35)36)20(25-12-26-21)28-8-6-14-4-5-16(30(33)34)10-15(14)11-28/h4-5,10,12-13,18-19,22,31-32H,3,6-9,11H2,1-2H3,(H,24,27)/t13-,18-,19-,22-/m1/s1. The number of sulfone groups is 1. The van der Waals surface area contributed by atoms with Gasteiger partial charge < -0.3 is 25.2 Å². The number of nitrogens with zero attached hydrogens (tertiary/aromatic N) is 6. The Morgan fingerprint density at radius 2 is 2.03 bits per heavy atom. The monoisotopic (exact) mass is 547 g/mol. The maximum absolute atomic E-state index is 11.5. The molecule has 14 nitrogen and oxygen atoms in total. The van der Waals surface area contributed by atoms with Gasteiger partial charge in [-0.05, 0) is 30.9 Å². The Hall–Kier alpha value is -3.40. The first kappa shape index (κ1) is 26.2. The quantitative estimate of drug-likeness (QED) is 0.205. The molecule has 0 amide bonds. The largest absolute Gasteiger partial charge is 0.388 e. The van der Waals surface area contributed by atoms with Crippen molar-refractivity contribution in [1.29, 1.82) is 0 Å². The highest BCUT2D eigenvalue weighted by molar-refractivity contribution is 7.90. The fourth-order valence-corrected chi connectivity index (χ4v) is 5.58. The molecule has 3 aromatic rings. The Morgan fingerprint density at radius 1 is 1.24 bits per heavy atom. The number of nitro benzene ring substituents is 1. The molecule has 0 unspecified atom stereocenters. The van der Waals surface area contributed by atoms with E-state index >= 15 is 0 Å². The van der Waals surface area contributed by atoms with Gasteiger partial charge in [-0.3, -0.25) is 14.7 Å². The number of hydrogen-bond acceptors (Lipinski definition) is 12. The first-order chi connectivity index (χ1) is 18.0. The van der Waals surface area contributed by atoms with E-state index in [1.54, 1.807) is 23.6 Å². The molecule has 3 N–H and O–H groups in total. The second-order valence-corrected chi connectivity index (χ2v) is 11.9. The molecule has 38 heavy (non-hydrogen) atoms. The van der Waals surface area contributed by atoms with Gasteiger partial charge in [-0.15, -0.1) is 0 Å². The molecule has 0 saturated carbocycles. The van der Waals surface area contributed by atoms with Crippen LogP contribution in [0.15, 0.2) is 24.5 Å². The average Bonchev–Trinajstić information content (AvgIpc) is 3.36. The van der Waals surface area contributed by atoms with Gasteiger partial charge in [0.25, 0.3) is 5.69 Å². The third-order valence-corrected chi connectivity index (χ3v) is 7.91. The maximum Gasteiger partial charge on any atom is 0.269 e. The highest BCUT2D eigenvalue weighted by atomic mass is 32.2. The molecular formula is C23H29N7O7S. The number of nitrogens with one attached hydrogen (secondary N) is 1. The van der Waals surface area contributed by atoms with Crippen LogP contribution in [0.3, 0.4) is 0 Å². The zero-order chi connectivity index (χ0) is 27.2. The molecule has 1 fully saturated rings. The first-order valence-electron chi connectivity index (χ1n) is 12.2. The molecule has 0 radical (unpaired) electrons. The topological polar surface area (TPSA) is 186 Å². The fraction of sp³-hybridized carbons (Fsp3) is 0.522. The van der Waals surface area contributed by atoms with Crippen molar-refractivity contribution in [1.82, 2.24) is 19.5 Å². The van der Waals surface area contributed by atoms with E-state index in [-0.39, 0.29) is 23.9 Å². The highest BCUT2D eigenvalue weighted by Crippen LogP contribution is 2.37. The molecule has 1 saturated heterocycles. The molecule has 0 aliphatic carbocycles. The molecule has 4 atom stereocenters. The molecule has 0 spiro atoms. The Kier molecular flexibility index (Phi) is 6.94. The van der Waals surface area contributed by atoms with Gasteiger partial charge in [0.1, 0.15) is 28.4 Å². The number of rotatable bonds is 8. The number of hydrogen-bond donors (Lipinski definition) is 3. The van der Waals surface area contributed by atoms with E-state index in [2.05, 4.69) is 15.3 Å². The summed E-state index contributed by atoms with van der Waals surface area (Å²) in [6, 6.07) is 4.85. The number of imidazole rings is 1. The van der Waals surface area contributed by atoms with E-state index in [0.717, 1.165) is 11.1 Å². The average molecular weight is 548 g/mol. The zero-order valence-electron chi connectivity index (χ0n) is 20.9. The van der Waals surface area contributed by atoms with E-state index in [1.807, 2.05) is 4.90 Å². The van der Waals surface area contributed by atoms with Gasteiger partial charge in [-0.25, -0.2) is 23.4 Å². The van der Waals surface area contributed by atoms with E-state index in [0.29, 0.717) is 42.9 Å². The first-order valence-corrected chi connectivity index (χ1v) is 14.3. The van der Waals surface area contributed by atoms with E-state index in [1.165, 1.54) is 18.6 Å². The normalized spacial score (nSPS) is 23.5. The molecule has 2 aliphatic rings. The fourth-order valence-electron chi connectivity index (χ4n) is 4.91. The number of aliphatic hydroxyl groups is 2. The van der Waals surface area contributed by atoms with Gasteiger partial charge in [-0.2, -0.15) is 0 Å². The molecule has 2 aromatic heterocycles. The third-order valence-electron chi connectivity index (χ3n) is 6.88. The molecule has 1 aromatic carbocycles. The maximum atomic E-state index is 11.5. The number of aromatic nitrogens is 4. The summed E-state index contributed by atoms with van der Waals surface area (Å²) in [5.41, 5.74) is 2.64. The minimum absolute atomic E-state index is 0.0110. The van der Waals surface area contributed by atoms with Gasteiger partial charge in [0.05, 0.1) is 16.8 Å². The number of non-ortho nitro benzene ring substituents is 1. The number of anilines is 2. The van der Waals surface area contributed by atoms with Crippen LogP contribution in [-0.4, -0.2) is 86.5 Å². The Labute approximate surface area is 218 Å². The van der Waals surface area contributed by atoms with Crippen molar-refractivity contribution in [3.05, 3.63) is 45.8 Å². The lowest BCUT2D eigenvalue weighted by Crippen LogP contribution is -2.31.